The van der Waals surface area contributed by atoms with Crippen LogP contribution in [0.3, 0.4) is 0 Å². The van der Waals surface area contributed by atoms with E-state index in [1.165, 1.54) is 11.8 Å². The normalized spacial score (nSPS) is 11.6. The summed E-state index contributed by atoms with van der Waals surface area (Å²) < 4.78 is 10.2. The maximum Gasteiger partial charge on any atom is 0.426 e. The number of thioether (sulfide) groups is 1. The molecular formula is C16H34IN3O5S2. The molecule has 1 atom stereocenters. The van der Waals surface area contributed by atoms with Gasteiger partial charge in [-0.1, -0.05) is 0 Å². The molecule has 0 radical (unpaired) electrons. The minimum absolute atomic E-state index is 0. The third-order valence-electron chi connectivity index (χ3n) is 2.30. The maximum atomic E-state index is 12.2. The Morgan fingerprint density at radius 1 is 0.926 bits per heavy atom. The van der Waals surface area contributed by atoms with Crippen LogP contribution >= 0.6 is 48.4 Å². The fourth-order valence-corrected chi connectivity index (χ4v) is 1.93. The second kappa shape index (κ2) is 15.4. The lowest BCUT2D eigenvalue weighted by Crippen LogP contribution is -2.53. The fourth-order valence-electron chi connectivity index (χ4n) is 1.46. The Balaban J connectivity index is -0.00000185. The second-order valence-corrected chi connectivity index (χ2v) is 8.08. The average molecular weight is 540 g/mol. The van der Waals surface area contributed by atoms with Gasteiger partial charge >= 0.3 is 12.2 Å². The van der Waals surface area contributed by atoms with Gasteiger partial charge in [0.25, 0.3) is 5.91 Å². The van der Waals surface area contributed by atoms with Crippen LogP contribution < -0.4 is 16.2 Å². The Morgan fingerprint density at radius 3 is 1.78 bits per heavy atom. The third kappa shape index (κ3) is 20.0. The first-order chi connectivity index (χ1) is 11.8. The Labute approximate surface area is 189 Å². The van der Waals surface area contributed by atoms with Crippen molar-refractivity contribution in [2.75, 3.05) is 18.3 Å². The van der Waals surface area contributed by atoms with E-state index < -0.39 is 35.3 Å². The smallest absolute Gasteiger partial charge is 0.426 e. The van der Waals surface area contributed by atoms with Gasteiger partial charge in [-0.2, -0.15) is 24.4 Å². The van der Waals surface area contributed by atoms with Crippen LogP contribution in [0, 0.1) is 0 Å². The van der Waals surface area contributed by atoms with Crippen molar-refractivity contribution >= 4 is 66.5 Å². The molecule has 3 N–H and O–H groups in total. The molecule has 0 spiro atoms. The predicted octanol–water partition coefficient (Wildman–Crippen LogP) is 3.35. The number of carbonyl (C=O) groups excluding carboxylic acids is 3. The van der Waals surface area contributed by atoms with Crippen LogP contribution in [0.4, 0.5) is 9.59 Å². The molecular weight excluding hydrogens is 505 g/mol. The molecule has 0 fully saturated rings. The molecule has 0 aromatic rings. The number of halogens is 1. The first-order valence-electron chi connectivity index (χ1n) is 8.06. The highest BCUT2D eigenvalue weighted by atomic mass is 127. The van der Waals surface area contributed by atoms with E-state index in [0.29, 0.717) is 12.2 Å². The third-order valence-corrected chi connectivity index (χ3v) is 2.95. The van der Waals surface area contributed by atoms with E-state index in [2.05, 4.69) is 28.8 Å². The number of hydrogen-bond acceptors (Lipinski definition) is 7. The number of carbonyl (C=O) groups is 3. The number of rotatable bonds is 5. The summed E-state index contributed by atoms with van der Waals surface area (Å²) in [6.07, 6.45) is 2.50. The number of alkyl carbamates (subject to hydrolysis) is 1. The number of thiol groups is 1. The van der Waals surface area contributed by atoms with E-state index in [1.807, 2.05) is 6.26 Å². The average Bonchev–Trinajstić information content (AvgIpc) is 2.47. The number of hydrogen-bond donors (Lipinski definition) is 4. The monoisotopic (exact) mass is 539 g/mol. The summed E-state index contributed by atoms with van der Waals surface area (Å²) in [4.78, 5) is 35.5. The number of ether oxygens (including phenoxy) is 2. The Morgan fingerprint density at radius 2 is 1.37 bits per heavy atom. The molecule has 0 aliphatic carbocycles. The fraction of sp³-hybridized carbons (Fsp3) is 0.812. The lowest BCUT2D eigenvalue weighted by atomic mass is 10.2. The van der Waals surface area contributed by atoms with Gasteiger partial charge in [-0.05, 0) is 66.2 Å². The minimum Gasteiger partial charge on any atom is -0.444 e. The maximum absolute atomic E-state index is 12.2. The molecule has 0 bridgehead atoms. The van der Waals surface area contributed by atoms with Gasteiger partial charge in [0.2, 0.25) is 0 Å². The van der Waals surface area contributed by atoms with E-state index in [0.717, 1.165) is 0 Å². The van der Waals surface area contributed by atoms with Crippen LogP contribution in [0.2, 0.25) is 0 Å². The number of hydrazine groups is 1. The van der Waals surface area contributed by atoms with Crippen molar-refractivity contribution in [2.24, 2.45) is 0 Å². The molecule has 3 amide bonds. The Kier molecular flexibility index (Phi) is 17.7. The summed E-state index contributed by atoms with van der Waals surface area (Å²) in [6, 6.07) is -0.831. The van der Waals surface area contributed by atoms with E-state index in [9.17, 15) is 14.4 Å². The van der Waals surface area contributed by atoms with Crippen molar-refractivity contribution < 1.29 is 23.9 Å². The first-order valence-corrected chi connectivity index (χ1v) is 10.3. The SMILES string of the molecule is CS.CSCC[C@H](NC(=O)OC(C)(C)C)C(=O)NNC(=O)OC(C)(C)C.I. The quantitative estimate of drug-likeness (QED) is 0.243. The van der Waals surface area contributed by atoms with Crippen LogP contribution in [0.25, 0.3) is 0 Å². The van der Waals surface area contributed by atoms with E-state index in [1.54, 1.807) is 47.8 Å². The summed E-state index contributed by atoms with van der Waals surface area (Å²) in [5.41, 5.74) is 3.05. The molecule has 8 nitrogen and oxygen atoms in total. The molecule has 0 heterocycles. The van der Waals surface area contributed by atoms with Gasteiger partial charge < -0.3 is 14.8 Å². The molecule has 0 saturated heterocycles. The number of amides is 3. The van der Waals surface area contributed by atoms with Gasteiger partial charge in [0.1, 0.15) is 17.2 Å². The van der Waals surface area contributed by atoms with Gasteiger partial charge in [-0.25, -0.2) is 15.0 Å². The van der Waals surface area contributed by atoms with Crippen LogP contribution in [0.15, 0.2) is 0 Å². The highest BCUT2D eigenvalue weighted by Crippen LogP contribution is 2.08. The minimum atomic E-state index is -0.831. The van der Waals surface area contributed by atoms with Crippen molar-refractivity contribution in [1.29, 1.82) is 0 Å². The van der Waals surface area contributed by atoms with Gasteiger partial charge in [-0.3, -0.25) is 10.2 Å². The predicted molar refractivity (Wildman–Crippen MR) is 124 cm³/mol. The number of nitrogens with one attached hydrogen (secondary N) is 3. The zero-order valence-electron chi connectivity index (χ0n) is 17.3. The summed E-state index contributed by atoms with van der Waals surface area (Å²) in [6.45, 7) is 10.3. The highest BCUT2D eigenvalue weighted by molar-refractivity contribution is 14.0. The second-order valence-electron chi connectivity index (χ2n) is 7.10. The van der Waals surface area contributed by atoms with Gasteiger partial charge in [0.05, 0.1) is 0 Å². The molecule has 11 heteroatoms. The first kappa shape index (κ1) is 31.1. The van der Waals surface area contributed by atoms with Crippen molar-refractivity contribution in [3.8, 4) is 0 Å². The molecule has 0 saturated carbocycles. The molecule has 0 aliphatic rings. The molecule has 0 rings (SSSR count). The zero-order valence-corrected chi connectivity index (χ0v) is 21.3. The molecule has 0 aliphatic heterocycles. The largest absolute Gasteiger partial charge is 0.444 e. The van der Waals surface area contributed by atoms with Gasteiger partial charge in [0.15, 0.2) is 0 Å². The topological polar surface area (TPSA) is 106 Å². The van der Waals surface area contributed by atoms with E-state index >= 15 is 0 Å². The summed E-state index contributed by atoms with van der Waals surface area (Å²) in [5, 5.41) is 2.50. The van der Waals surface area contributed by atoms with Crippen molar-refractivity contribution in [1.82, 2.24) is 16.2 Å². The van der Waals surface area contributed by atoms with Gasteiger partial charge in [-0.15, -0.1) is 24.0 Å². The van der Waals surface area contributed by atoms with Crippen LogP contribution in [-0.4, -0.2) is 53.6 Å². The van der Waals surface area contributed by atoms with Gasteiger partial charge in [0, 0.05) is 0 Å². The van der Waals surface area contributed by atoms with Crippen LogP contribution in [0.5, 0.6) is 0 Å². The highest BCUT2D eigenvalue weighted by Gasteiger charge is 2.25. The van der Waals surface area contributed by atoms with Crippen molar-refractivity contribution in [2.45, 2.75) is 65.2 Å². The zero-order chi connectivity index (χ0) is 21.0. The molecule has 162 valence electrons. The lowest BCUT2D eigenvalue weighted by molar-refractivity contribution is -0.124. The summed E-state index contributed by atoms with van der Waals surface area (Å²) in [5.74, 6) is 0.0983. The summed E-state index contributed by atoms with van der Waals surface area (Å²) >= 11 is 5.06. The Bertz CT molecular complexity index is 454. The lowest BCUT2D eigenvalue weighted by Gasteiger charge is -2.24. The van der Waals surface area contributed by atoms with E-state index in [-0.39, 0.29) is 24.0 Å². The summed E-state index contributed by atoms with van der Waals surface area (Å²) in [7, 11) is 0. The molecule has 0 unspecified atom stereocenters. The van der Waals surface area contributed by atoms with Crippen LogP contribution in [-0.2, 0) is 14.3 Å². The Hall–Kier alpha value is -0.560. The van der Waals surface area contributed by atoms with Crippen molar-refractivity contribution in [3.05, 3.63) is 0 Å². The molecule has 0 aromatic carbocycles. The van der Waals surface area contributed by atoms with Crippen molar-refractivity contribution in [3.63, 3.8) is 0 Å². The molecule has 0 aromatic heterocycles. The van der Waals surface area contributed by atoms with Crippen LogP contribution in [0.1, 0.15) is 48.0 Å². The van der Waals surface area contributed by atoms with E-state index in [4.69, 9.17) is 9.47 Å². The standard InChI is InChI=1S/C15H29N3O5S.CH4S.HI/c1-14(2,3)22-12(20)16-10(8-9-24-7)11(19)17-18-13(21)23-15(4,5)6;1-2;/h10H,8-9H2,1-7H3,(H,16,20)(H,17,19)(H,18,21);2H,1H3;1H/t10-;;/m0../s1. The molecule has 27 heavy (non-hydrogen) atoms.